The van der Waals surface area contributed by atoms with E-state index in [4.69, 9.17) is 4.42 Å². The highest BCUT2D eigenvalue weighted by atomic mass is 16.4. The molecule has 0 spiro atoms. The molecule has 5 rings (SSSR count). The minimum atomic E-state index is -1.12. The Morgan fingerprint density at radius 3 is 2.28 bits per heavy atom. The average Bonchev–Trinajstić information content (AvgIpc) is 3.18. The van der Waals surface area contributed by atoms with E-state index in [1.807, 2.05) is 74.1 Å². The minimum Gasteiger partial charge on any atom is -0.478 e. The fourth-order valence-electron chi connectivity index (χ4n) is 4.43. The average molecular weight is 483 g/mol. The van der Waals surface area contributed by atoms with Crippen molar-refractivity contribution < 1.29 is 23.9 Å². The number of rotatable bonds is 4. The molecule has 2 aromatic carbocycles. The summed E-state index contributed by atoms with van der Waals surface area (Å²) in [7, 11) is 7.71. The summed E-state index contributed by atoms with van der Waals surface area (Å²) < 4.78 is 8.28. The Bertz CT molecular complexity index is 1640. The third-order valence-electron chi connectivity index (χ3n) is 6.29. The molecular formula is C28H24N3O5+. The number of carbonyl (C=O) groups excluding carboxylic acids is 2. The summed E-state index contributed by atoms with van der Waals surface area (Å²) in [6.07, 6.45) is 2.40. The number of nitrogens with zero attached hydrogens (tertiary/aromatic N) is 3. The highest BCUT2D eigenvalue weighted by molar-refractivity contribution is 6.28. The van der Waals surface area contributed by atoms with Gasteiger partial charge in [-0.3, -0.25) is 9.59 Å². The second-order valence-electron chi connectivity index (χ2n) is 9.01. The van der Waals surface area contributed by atoms with Crippen LogP contribution in [-0.2, 0) is 9.59 Å². The molecule has 180 valence electrons. The number of anilines is 2. The van der Waals surface area contributed by atoms with Crippen molar-refractivity contribution in [2.24, 2.45) is 0 Å². The first-order chi connectivity index (χ1) is 17.2. The fourth-order valence-corrected chi connectivity index (χ4v) is 4.43. The summed E-state index contributed by atoms with van der Waals surface area (Å²) in [5, 5.41) is 11.7. The molecule has 8 nitrogen and oxygen atoms in total. The molecule has 0 fully saturated rings. The molecule has 2 heterocycles. The van der Waals surface area contributed by atoms with Gasteiger partial charge in [0, 0.05) is 60.6 Å². The zero-order valence-electron chi connectivity index (χ0n) is 20.3. The van der Waals surface area contributed by atoms with Gasteiger partial charge in [0.2, 0.25) is 5.36 Å². The molecule has 3 aliphatic rings. The molecule has 36 heavy (non-hydrogen) atoms. The number of aromatic carboxylic acids is 1. The molecule has 0 bridgehead atoms. The van der Waals surface area contributed by atoms with Gasteiger partial charge in [0.1, 0.15) is 25.4 Å². The predicted molar refractivity (Wildman–Crippen MR) is 138 cm³/mol. The van der Waals surface area contributed by atoms with Gasteiger partial charge in [-0.2, -0.15) is 0 Å². The van der Waals surface area contributed by atoms with E-state index in [0.29, 0.717) is 39.1 Å². The molecule has 0 radical (unpaired) electrons. The SMILES string of the molecule is CN(C)c1ccc2c(-c3cc(N4C(=O)C=CC4=O)ccc3C(=O)O)c3ccc(=[N+](C)C)cc-3oc2c1. The van der Waals surface area contributed by atoms with Crippen LogP contribution in [0.3, 0.4) is 0 Å². The van der Waals surface area contributed by atoms with E-state index < -0.39 is 17.8 Å². The quantitative estimate of drug-likeness (QED) is 0.272. The molecule has 8 heteroatoms. The topological polar surface area (TPSA) is 94.1 Å². The highest BCUT2D eigenvalue weighted by Crippen LogP contribution is 2.43. The van der Waals surface area contributed by atoms with E-state index >= 15 is 0 Å². The van der Waals surface area contributed by atoms with Gasteiger partial charge in [-0.05, 0) is 42.0 Å². The van der Waals surface area contributed by atoms with E-state index in [9.17, 15) is 19.5 Å². The Kier molecular flexibility index (Phi) is 5.44. The summed E-state index contributed by atoms with van der Waals surface area (Å²) in [6, 6.07) is 16.0. The van der Waals surface area contributed by atoms with Crippen LogP contribution < -0.4 is 19.7 Å². The third kappa shape index (κ3) is 3.73. The number of imide groups is 1. The first kappa shape index (κ1) is 23.0. The Labute approximate surface area is 207 Å². The minimum absolute atomic E-state index is 0.0491. The predicted octanol–water partition coefficient (Wildman–Crippen LogP) is 3.43. The summed E-state index contributed by atoms with van der Waals surface area (Å²) >= 11 is 0. The van der Waals surface area contributed by atoms with Gasteiger partial charge in [-0.25, -0.2) is 14.3 Å². The lowest BCUT2D eigenvalue weighted by Gasteiger charge is -2.20. The fraction of sp³-hybridized carbons (Fsp3) is 0.143. The van der Waals surface area contributed by atoms with Crippen molar-refractivity contribution in [3.05, 3.63) is 77.7 Å². The molecule has 0 atom stereocenters. The number of carboxylic acids is 1. The van der Waals surface area contributed by atoms with E-state index in [1.54, 1.807) is 6.07 Å². The van der Waals surface area contributed by atoms with Crippen molar-refractivity contribution >= 4 is 40.1 Å². The van der Waals surface area contributed by atoms with Gasteiger partial charge in [-0.15, -0.1) is 0 Å². The van der Waals surface area contributed by atoms with Crippen LogP contribution in [0.2, 0.25) is 0 Å². The largest absolute Gasteiger partial charge is 0.478 e. The maximum atomic E-state index is 12.4. The van der Waals surface area contributed by atoms with Crippen molar-refractivity contribution in [3.63, 3.8) is 0 Å². The summed E-state index contributed by atoms with van der Waals surface area (Å²) in [5.74, 6) is -1.49. The Morgan fingerprint density at radius 2 is 1.64 bits per heavy atom. The molecule has 2 aromatic rings. The van der Waals surface area contributed by atoms with Crippen LogP contribution in [0.4, 0.5) is 11.4 Å². The van der Waals surface area contributed by atoms with Gasteiger partial charge in [0.05, 0.1) is 17.3 Å². The molecule has 0 saturated carbocycles. The standard InChI is InChI=1S/C28H23N3O5/c1-29(2)16-5-9-20-23(14-16)36-24-15-17(30(3)4)6-10-21(24)27(20)22-13-18(7-8-19(22)28(34)35)31-25(32)11-12-26(31)33/h5-15H,1-4H3/p+1. The first-order valence-corrected chi connectivity index (χ1v) is 11.3. The number of carboxylic acid groups (broad SMARTS) is 1. The van der Waals surface area contributed by atoms with Crippen molar-refractivity contribution in [2.45, 2.75) is 0 Å². The molecule has 1 N–H and O–H groups in total. The lowest BCUT2D eigenvalue weighted by atomic mass is 9.90. The van der Waals surface area contributed by atoms with Crippen molar-refractivity contribution in [3.8, 4) is 22.5 Å². The molecule has 2 aliphatic heterocycles. The van der Waals surface area contributed by atoms with Crippen LogP contribution in [0.5, 0.6) is 0 Å². The van der Waals surface area contributed by atoms with Crippen LogP contribution in [0.1, 0.15) is 10.4 Å². The maximum Gasteiger partial charge on any atom is 0.336 e. The van der Waals surface area contributed by atoms with Crippen LogP contribution in [0.15, 0.2) is 71.2 Å². The third-order valence-corrected chi connectivity index (χ3v) is 6.29. The van der Waals surface area contributed by atoms with E-state index in [-0.39, 0.29) is 5.56 Å². The van der Waals surface area contributed by atoms with Gasteiger partial charge >= 0.3 is 5.97 Å². The summed E-state index contributed by atoms with van der Waals surface area (Å²) in [4.78, 5) is 40.0. The highest BCUT2D eigenvalue weighted by Gasteiger charge is 2.28. The molecule has 2 amide bonds. The van der Waals surface area contributed by atoms with Gasteiger partial charge in [0.15, 0.2) is 0 Å². The molecule has 0 aromatic heterocycles. The molecule has 0 unspecified atom stereocenters. The Hall–Kier alpha value is -4.72. The van der Waals surface area contributed by atoms with E-state index in [2.05, 4.69) is 0 Å². The zero-order chi connectivity index (χ0) is 25.7. The zero-order valence-corrected chi connectivity index (χ0v) is 20.3. The normalized spacial score (nSPS) is 13.2. The lowest BCUT2D eigenvalue weighted by molar-refractivity contribution is -0.119. The lowest BCUT2D eigenvalue weighted by Crippen LogP contribution is -2.29. The summed E-state index contributed by atoms with van der Waals surface area (Å²) in [6.45, 7) is 0. The van der Waals surface area contributed by atoms with Crippen molar-refractivity contribution in [1.29, 1.82) is 0 Å². The maximum absolute atomic E-state index is 12.4. The van der Waals surface area contributed by atoms with Gasteiger partial charge < -0.3 is 14.4 Å². The number of hydrogen-bond donors (Lipinski definition) is 1. The molecule has 1 aliphatic carbocycles. The molecular weight excluding hydrogens is 458 g/mol. The first-order valence-electron chi connectivity index (χ1n) is 11.3. The van der Waals surface area contributed by atoms with E-state index in [1.165, 1.54) is 24.3 Å². The van der Waals surface area contributed by atoms with Crippen LogP contribution in [0.25, 0.3) is 33.4 Å². The van der Waals surface area contributed by atoms with Crippen molar-refractivity contribution in [2.75, 3.05) is 38.0 Å². The molecule has 0 saturated heterocycles. The number of benzene rings is 3. The number of amides is 2. The second-order valence-corrected chi connectivity index (χ2v) is 9.01. The van der Waals surface area contributed by atoms with Gasteiger partial charge in [-0.1, -0.05) is 0 Å². The smallest absolute Gasteiger partial charge is 0.336 e. The number of fused-ring (bicyclic) bond motifs is 2. The summed E-state index contributed by atoms with van der Waals surface area (Å²) in [5.41, 5.74) is 3.59. The van der Waals surface area contributed by atoms with E-state index in [0.717, 1.165) is 15.9 Å². The number of hydrogen-bond acceptors (Lipinski definition) is 5. The van der Waals surface area contributed by atoms with Crippen LogP contribution in [-0.4, -0.2) is 51.1 Å². The van der Waals surface area contributed by atoms with Gasteiger partial charge in [0.25, 0.3) is 11.8 Å². The number of carbonyl (C=O) groups is 3. The van der Waals surface area contributed by atoms with Crippen LogP contribution >= 0.6 is 0 Å². The Morgan fingerprint density at radius 1 is 0.917 bits per heavy atom. The van der Waals surface area contributed by atoms with Crippen molar-refractivity contribution in [1.82, 2.24) is 4.58 Å². The monoisotopic (exact) mass is 482 g/mol. The Balaban J connectivity index is 1.90. The van der Waals surface area contributed by atoms with Crippen LogP contribution in [0, 0.1) is 0 Å². The second kappa shape index (κ2) is 8.49.